The average molecular weight is 724 g/mol. The molecular formula is C40H66Cl2N2OP2. The Morgan fingerprint density at radius 1 is 0.489 bits per heavy atom. The van der Waals surface area contributed by atoms with E-state index in [9.17, 15) is 0 Å². The summed E-state index contributed by atoms with van der Waals surface area (Å²) in [5.41, 5.74) is 4.13. The summed E-state index contributed by atoms with van der Waals surface area (Å²) in [5, 5.41) is 12.3. The zero-order valence-corrected chi connectivity index (χ0v) is 34.2. The number of hydrogen-bond donors (Lipinski definition) is 0. The van der Waals surface area contributed by atoms with Crippen LogP contribution in [0.15, 0.2) is 40.8 Å². The van der Waals surface area contributed by atoms with Crippen LogP contribution >= 0.6 is 37.7 Å². The predicted molar refractivity (Wildman–Crippen MR) is 219 cm³/mol. The van der Waals surface area contributed by atoms with Crippen molar-refractivity contribution in [3.63, 3.8) is 0 Å². The summed E-state index contributed by atoms with van der Waals surface area (Å²) < 4.78 is 6.46. The summed E-state index contributed by atoms with van der Waals surface area (Å²) in [5.74, 6) is 1.96. The van der Waals surface area contributed by atoms with Crippen molar-refractivity contribution in [1.82, 2.24) is 10.2 Å². The predicted octanol–water partition coefficient (Wildman–Crippen LogP) is 12.4. The van der Waals surface area contributed by atoms with Crippen LogP contribution in [0.3, 0.4) is 0 Å². The van der Waals surface area contributed by atoms with Crippen LogP contribution in [0.25, 0.3) is 22.9 Å². The topological polar surface area (TPSA) is 38.9 Å². The van der Waals surface area contributed by atoms with Crippen LogP contribution in [0.5, 0.6) is 0 Å². The first-order chi connectivity index (χ1) is 22.9. The van der Waals surface area contributed by atoms with E-state index in [0.717, 1.165) is 22.3 Å². The molecule has 0 aliphatic heterocycles. The minimum absolute atomic E-state index is 0.433. The van der Waals surface area contributed by atoms with E-state index in [1.807, 2.05) is 0 Å². The molecule has 0 N–H and O–H groups in total. The van der Waals surface area contributed by atoms with Gasteiger partial charge in [-0.05, 0) is 0 Å². The standard InChI is InChI=1S/C40H66Cl2N2OP2/c1-7-13-23-46(24-14-8-2,25-15-9-3)35-19-21-37(33(29-35)31-41)39-43-44-40(45-39)38-22-20-36(30-34(38)32-42)47(26-16-10-4,27-17-11-5)28-18-12-6/h19-22,29-30,46-47H,7-18,23-28,31-32H2,1-6H3. The first kappa shape index (κ1) is 40.4. The van der Waals surface area contributed by atoms with Gasteiger partial charge < -0.3 is 0 Å². The third kappa shape index (κ3) is 10.8. The number of rotatable bonds is 24. The summed E-state index contributed by atoms with van der Waals surface area (Å²) in [6, 6.07) is 14.0. The first-order valence-corrected chi connectivity index (χ1v) is 25.4. The van der Waals surface area contributed by atoms with Crippen LogP contribution in [0.2, 0.25) is 0 Å². The molecule has 3 nitrogen and oxygen atoms in total. The Bertz CT molecular complexity index is 1190. The van der Waals surface area contributed by atoms with Crippen molar-refractivity contribution < 1.29 is 4.42 Å². The van der Waals surface area contributed by atoms with E-state index < -0.39 is 14.5 Å². The fourth-order valence-electron chi connectivity index (χ4n) is 7.63. The second kappa shape index (κ2) is 21.3. The average Bonchev–Trinajstić information content (AvgIpc) is 3.61. The summed E-state index contributed by atoms with van der Waals surface area (Å²) in [6.07, 6.45) is 23.6. The third-order valence-corrected chi connectivity index (χ3v) is 22.2. The minimum atomic E-state index is -1.65. The molecule has 0 unspecified atom stereocenters. The molecule has 1 aromatic heterocycles. The van der Waals surface area contributed by atoms with Crippen molar-refractivity contribution in [3.8, 4) is 22.9 Å². The third-order valence-electron chi connectivity index (χ3n) is 10.7. The van der Waals surface area contributed by atoms with Crippen LogP contribution in [-0.2, 0) is 11.8 Å². The molecule has 0 saturated carbocycles. The quantitative estimate of drug-likeness (QED) is 0.0682. The Balaban J connectivity index is 2.02. The molecule has 0 aliphatic carbocycles. The summed E-state index contributed by atoms with van der Waals surface area (Å²) in [4.78, 5) is 0. The van der Waals surface area contributed by atoms with E-state index >= 15 is 0 Å². The van der Waals surface area contributed by atoms with E-state index in [1.54, 1.807) is 10.6 Å². The van der Waals surface area contributed by atoms with Crippen molar-refractivity contribution in [3.05, 3.63) is 47.5 Å². The molecule has 1 heterocycles. The Morgan fingerprint density at radius 2 is 0.787 bits per heavy atom. The second-order valence-corrected chi connectivity index (χ2v) is 23.9. The first-order valence-electron chi connectivity index (χ1n) is 19.1. The fraction of sp³-hybridized carbons (Fsp3) is 0.650. The van der Waals surface area contributed by atoms with Crippen molar-refractivity contribution in [2.24, 2.45) is 0 Å². The Kier molecular flexibility index (Phi) is 18.3. The van der Waals surface area contributed by atoms with Crippen molar-refractivity contribution in [2.45, 2.75) is 130 Å². The fourth-order valence-corrected chi connectivity index (χ4v) is 19.3. The van der Waals surface area contributed by atoms with Crippen LogP contribution < -0.4 is 10.6 Å². The molecule has 3 rings (SSSR count). The molecule has 266 valence electrons. The Labute approximate surface area is 299 Å². The van der Waals surface area contributed by atoms with Gasteiger partial charge in [0.25, 0.3) is 0 Å². The molecule has 0 aliphatic rings. The molecule has 0 spiro atoms. The number of benzene rings is 2. The molecule has 2 aromatic carbocycles. The molecule has 47 heavy (non-hydrogen) atoms. The number of alkyl halides is 2. The molecule has 0 atom stereocenters. The Hall–Kier alpha value is -0.980. The van der Waals surface area contributed by atoms with Gasteiger partial charge in [0.05, 0.1) is 0 Å². The van der Waals surface area contributed by atoms with E-state index in [0.29, 0.717) is 23.5 Å². The van der Waals surface area contributed by atoms with Gasteiger partial charge in [0, 0.05) is 0 Å². The second-order valence-electron chi connectivity index (χ2n) is 14.1. The zero-order chi connectivity index (χ0) is 34.1. The van der Waals surface area contributed by atoms with Gasteiger partial charge in [0.15, 0.2) is 0 Å². The van der Waals surface area contributed by atoms with Gasteiger partial charge >= 0.3 is 301 Å². The number of hydrogen-bond acceptors (Lipinski definition) is 3. The molecule has 0 bridgehead atoms. The van der Waals surface area contributed by atoms with E-state index in [-0.39, 0.29) is 0 Å². The van der Waals surface area contributed by atoms with E-state index in [4.69, 9.17) is 27.6 Å². The van der Waals surface area contributed by atoms with Crippen molar-refractivity contribution >= 4 is 48.3 Å². The SMILES string of the molecule is CCCC[PH](CCCC)(CCCC)c1ccc(-c2nnc(-c3ccc([PH](CCCC)(CCCC)CCCC)cc3CCl)o2)c(CCl)c1. The normalized spacial score (nSPS) is 12.9. The number of aromatic nitrogens is 2. The van der Waals surface area contributed by atoms with Crippen LogP contribution in [0.4, 0.5) is 0 Å². The zero-order valence-electron chi connectivity index (χ0n) is 30.7. The molecule has 0 amide bonds. The monoisotopic (exact) mass is 722 g/mol. The van der Waals surface area contributed by atoms with Gasteiger partial charge in [-0.1, -0.05) is 0 Å². The maximum atomic E-state index is 6.67. The number of unbranched alkanes of at least 4 members (excludes halogenated alkanes) is 6. The van der Waals surface area contributed by atoms with Crippen molar-refractivity contribution in [2.75, 3.05) is 37.0 Å². The summed E-state index contributed by atoms with van der Waals surface area (Å²) in [6.45, 7) is 14.0. The van der Waals surface area contributed by atoms with Gasteiger partial charge in [-0.25, -0.2) is 0 Å². The number of nitrogens with zero attached hydrogens (tertiary/aromatic N) is 2. The molecule has 7 heteroatoms. The van der Waals surface area contributed by atoms with Gasteiger partial charge in [0.1, 0.15) is 0 Å². The van der Waals surface area contributed by atoms with E-state index in [1.165, 1.54) is 114 Å². The molecule has 0 fully saturated rings. The van der Waals surface area contributed by atoms with E-state index in [2.05, 4.69) is 88.1 Å². The molecule has 0 saturated heterocycles. The summed E-state index contributed by atoms with van der Waals surface area (Å²) >= 11 is 13.3. The number of halogens is 2. The molecular weight excluding hydrogens is 657 g/mol. The van der Waals surface area contributed by atoms with Gasteiger partial charge in [-0.15, -0.1) is 0 Å². The van der Waals surface area contributed by atoms with Crippen LogP contribution in [0, 0.1) is 0 Å². The Morgan fingerprint density at radius 3 is 1.04 bits per heavy atom. The van der Waals surface area contributed by atoms with Crippen LogP contribution in [-0.4, -0.2) is 47.2 Å². The molecule has 0 radical (unpaired) electrons. The van der Waals surface area contributed by atoms with Crippen LogP contribution in [0.1, 0.15) is 130 Å². The maximum absolute atomic E-state index is 6.67. The van der Waals surface area contributed by atoms with Crippen molar-refractivity contribution in [1.29, 1.82) is 0 Å². The molecule has 3 aromatic rings. The van der Waals surface area contributed by atoms with Gasteiger partial charge in [0.2, 0.25) is 0 Å². The van der Waals surface area contributed by atoms with Gasteiger partial charge in [-0.2, -0.15) is 0 Å². The summed E-state index contributed by atoms with van der Waals surface area (Å²) in [7, 11) is -3.30. The van der Waals surface area contributed by atoms with Gasteiger partial charge in [-0.3, -0.25) is 0 Å².